The number of halogens is 1. The third-order valence-electron chi connectivity index (χ3n) is 4.81. The van der Waals surface area contributed by atoms with Crippen molar-refractivity contribution < 1.29 is 0 Å². The average molecular weight is 421 g/mol. The fourth-order valence-corrected chi connectivity index (χ4v) is 4.28. The summed E-state index contributed by atoms with van der Waals surface area (Å²) >= 11 is 8.03. The van der Waals surface area contributed by atoms with Gasteiger partial charge in [0.1, 0.15) is 5.01 Å². The van der Waals surface area contributed by atoms with Crippen LogP contribution in [0.25, 0.3) is 0 Å². The monoisotopic (exact) mass is 420 g/mol. The van der Waals surface area contributed by atoms with E-state index >= 15 is 0 Å². The van der Waals surface area contributed by atoms with E-state index in [1.807, 2.05) is 18.3 Å². The smallest absolute Gasteiger partial charge is 0.191 e. The lowest BCUT2D eigenvalue weighted by Crippen LogP contribution is -2.47. The van der Waals surface area contributed by atoms with Crippen molar-refractivity contribution in [2.45, 2.75) is 19.9 Å². The standard InChI is InChI=1S/C20H29ClN6S/c1-16-14-24-19(28-16)15-25-20(22-2)23-8-5-9-26-10-12-27(13-11-26)18-7-4-3-6-17(18)21/h3-4,6-7,14H,5,8-13,15H2,1-2H3,(H2,22,23,25). The van der Waals surface area contributed by atoms with Crippen LogP contribution in [0.5, 0.6) is 0 Å². The van der Waals surface area contributed by atoms with Gasteiger partial charge in [0, 0.05) is 50.8 Å². The Bertz CT molecular complexity index is 770. The number of piperazine rings is 1. The van der Waals surface area contributed by atoms with Crippen LogP contribution in [0, 0.1) is 6.92 Å². The molecule has 152 valence electrons. The van der Waals surface area contributed by atoms with Crippen LogP contribution in [0.1, 0.15) is 16.3 Å². The van der Waals surface area contributed by atoms with Crippen molar-refractivity contribution in [3.63, 3.8) is 0 Å². The van der Waals surface area contributed by atoms with Gasteiger partial charge in [0.2, 0.25) is 0 Å². The molecule has 1 aliphatic rings. The summed E-state index contributed by atoms with van der Waals surface area (Å²) in [5, 5.41) is 8.63. The van der Waals surface area contributed by atoms with E-state index in [1.54, 1.807) is 18.4 Å². The van der Waals surface area contributed by atoms with Gasteiger partial charge in [0.05, 0.1) is 17.3 Å². The highest BCUT2D eigenvalue weighted by atomic mass is 35.5. The number of guanidine groups is 1. The van der Waals surface area contributed by atoms with Crippen LogP contribution < -0.4 is 15.5 Å². The first-order chi connectivity index (χ1) is 13.7. The number of anilines is 1. The maximum atomic E-state index is 6.32. The highest BCUT2D eigenvalue weighted by Crippen LogP contribution is 2.25. The van der Waals surface area contributed by atoms with Crippen LogP contribution in [0.4, 0.5) is 5.69 Å². The highest BCUT2D eigenvalue weighted by Gasteiger charge is 2.18. The average Bonchev–Trinajstić information content (AvgIpc) is 3.13. The van der Waals surface area contributed by atoms with Crippen molar-refractivity contribution in [2.75, 3.05) is 51.2 Å². The topological polar surface area (TPSA) is 55.8 Å². The number of aromatic nitrogens is 1. The number of hydrogen-bond acceptors (Lipinski definition) is 5. The van der Waals surface area contributed by atoms with E-state index in [9.17, 15) is 0 Å². The van der Waals surface area contributed by atoms with Gasteiger partial charge in [0.25, 0.3) is 0 Å². The van der Waals surface area contributed by atoms with E-state index in [1.165, 1.54) is 4.88 Å². The van der Waals surface area contributed by atoms with E-state index in [0.717, 1.165) is 67.4 Å². The number of rotatable bonds is 7. The predicted octanol–water partition coefficient (Wildman–Crippen LogP) is 2.98. The largest absolute Gasteiger partial charge is 0.368 e. The summed E-state index contributed by atoms with van der Waals surface area (Å²) in [5.41, 5.74) is 1.15. The van der Waals surface area contributed by atoms with Gasteiger partial charge in [-0.1, -0.05) is 23.7 Å². The molecule has 2 aromatic rings. The molecule has 0 spiro atoms. The molecular weight excluding hydrogens is 392 g/mol. The summed E-state index contributed by atoms with van der Waals surface area (Å²) in [5.74, 6) is 0.830. The van der Waals surface area contributed by atoms with Gasteiger partial charge in [-0.2, -0.15) is 0 Å². The second-order valence-corrected chi connectivity index (χ2v) is 8.58. The second-order valence-electron chi connectivity index (χ2n) is 6.85. The van der Waals surface area contributed by atoms with Crippen LogP contribution in [-0.4, -0.2) is 62.2 Å². The molecule has 1 aromatic carbocycles. The van der Waals surface area contributed by atoms with E-state index in [-0.39, 0.29) is 0 Å². The summed E-state index contributed by atoms with van der Waals surface area (Å²) in [6.45, 7) is 8.96. The number of aliphatic imine (C=N–C) groups is 1. The minimum atomic E-state index is 0.711. The zero-order valence-corrected chi connectivity index (χ0v) is 18.2. The molecular formula is C20H29ClN6S. The fourth-order valence-electron chi connectivity index (χ4n) is 3.29. The van der Waals surface area contributed by atoms with Crippen LogP contribution in [0.15, 0.2) is 35.5 Å². The van der Waals surface area contributed by atoms with Crippen molar-refractivity contribution in [3.8, 4) is 0 Å². The highest BCUT2D eigenvalue weighted by molar-refractivity contribution is 7.11. The molecule has 6 nitrogen and oxygen atoms in total. The Labute approximate surface area is 176 Å². The lowest BCUT2D eigenvalue weighted by Gasteiger charge is -2.36. The number of para-hydroxylation sites is 1. The van der Waals surface area contributed by atoms with Crippen molar-refractivity contribution in [1.29, 1.82) is 0 Å². The quantitative estimate of drug-likeness (QED) is 0.409. The summed E-state index contributed by atoms with van der Waals surface area (Å²) in [4.78, 5) is 14.8. The number of thiazole rings is 1. The van der Waals surface area contributed by atoms with E-state index in [0.29, 0.717) is 6.54 Å². The lowest BCUT2D eigenvalue weighted by molar-refractivity contribution is 0.255. The van der Waals surface area contributed by atoms with Gasteiger partial charge < -0.3 is 15.5 Å². The van der Waals surface area contributed by atoms with Crippen molar-refractivity contribution in [1.82, 2.24) is 20.5 Å². The molecule has 0 unspecified atom stereocenters. The molecule has 0 aliphatic carbocycles. The molecule has 28 heavy (non-hydrogen) atoms. The number of hydrogen-bond donors (Lipinski definition) is 2. The van der Waals surface area contributed by atoms with Gasteiger partial charge in [-0.15, -0.1) is 11.3 Å². The van der Waals surface area contributed by atoms with Gasteiger partial charge in [-0.05, 0) is 32.0 Å². The first-order valence-electron chi connectivity index (χ1n) is 9.73. The lowest BCUT2D eigenvalue weighted by atomic mass is 10.2. The van der Waals surface area contributed by atoms with E-state index < -0.39 is 0 Å². The first-order valence-corrected chi connectivity index (χ1v) is 10.9. The molecule has 8 heteroatoms. The van der Waals surface area contributed by atoms with Crippen LogP contribution in [0.3, 0.4) is 0 Å². The van der Waals surface area contributed by atoms with Crippen LogP contribution in [0.2, 0.25) is 5.02 Å². The minimum absolute atomic E-state index is 0.711. The Hall–Kier alpha value is -1.83. The number of aryl methyl sites for hydroxylation is 1. The molecule has 0 atom stereocenters. The molecule has 2 N–H and O–H groups in total. The van der Waals surface area contributed by atoms with Gasteiger partial charge >= 0.3 is 0 Å². The summed E-state index contributed by atoms with van der Waals surface area (Å²) in [6.07, 6.45) is 2.99. The third kappa shape index (κ3) is 6.09. The molecule has 3 rings (SSSR count). The second kappa shape index (κ2) is 10.6. The minimum Gasteiger partial charge on any atom is -0.368 e. The Morgan fingerprint density at radius 3 is 2.68 bits per heavy atom. The molecule has 1 fully saturated rings. The maximum Gasteiger partial charge on any atom is 0.191 e. The SMILES string of the molecule is CN=C(NCCCN1CCN(c2ccccc2Cl)CC1)NCc1ncc(C)s1. The Kier molecular flexibility index (Phi) is 7.94. The molecule has 1 aliphatic heterocycles. The Morgan fingerprint density at radius 2 is 2.00 bits per heavy atom. The predicted molar refractivity (Wildman–Crippen MR) is 120 cm³/mol. The molecule has 0 bridgehead atoms. The normalized spacial score (nSPS) is 15.7. The number of nitrogens with zero attached hydrogens (tertiary/aromatic N) is 4. The van der Waals surface area contributed by atoms with Crippen molar-refractivity contribution in [2.24, 2.45) is 4.99 Å². The molecule has 2 heterocycles. The first kappa shape index (κ1) is 20.9. The number of nitrogens with one attached hydrogen (secondary N) is 2. The third-order valence-corrected chi connectivity index (χ3v) is 6.04. The zero-order valence-electron chi connectivity index (χ0n) is 16.6. The van der Waals surface area contributed by atoms with Crippen LogP contribution >= 0.6 is 22.9 Å². The Balaban J connectivity index is 1.31. The zero-order chi connectivity index (χ0) is 19.8. The molecule has 0 radical (unpaired) electrons. The summed E-state index contributed by atoms with van der Waals surface area (Å²) < 4.78 is 0. The van der Waals surface area contributed by atoms with Crippen molar-refractivity contribution >= 4 is 34.6 Å². The van der Waals surface area contributed by atoms with Crippen molar-refractivity contribution in [3.05, 3.63) is 45.4 Å². The summed E-state index contributed by atoms with van der Waals surface area (Å²) in [7, 11) is 1.80. The maximum absolute atomic E-state index is 6.32. The molecule has 0 saturated carbocycles. The molecule has 1 aromatic heterocycles. The van der Waals surface area contributed by atoms with Gasteiger partial charge in [0.15, 0.2) is 5.96 Å². The molecule has 1 saturated heterocycles. The number of benzene rings is 1. The van der Waals surface area contributed by atoms with E-state index in [4.69, 9.17) is 11.6 Å². The fraction of sp³-hybridized carbons (Fsp3) is 0.500. The van der Waals surface area contributed by atoms with Gasteiger partial charge in [-0.25, -0.2) is 4.98 Å². The Morgan fingerprint density at radius 1 is 1.21 bits per heavy atom. The molecule has 0 amide bonds. The van der Waals surface area contributed by atoms with Crippen LogP contribution in [-0.2, 0) is 6.54 Å². The van der Waals surface area contributed by atoms with Gasteiger partial charge in [-0.3, -0.25) is 9.89 Å². The summed E-state index contributed by atoms with van der Waals surface area (Å²) in [6, 6.07) is 8.10. The van der Waals surface area contributed by atoms with E-state index in [2.05, 4.69) is 49.5 Å².